The van der Waals surface area contributed by atoms with Crippen LogP contribution in [-0.4, -0.2) is 20.1 Å². The minimum absolute atomic E-state index is 0.00738. The van der Waals surface area contributed by atoms with E-state index in [9.17, 15) is 18.0 Å². The van der Waals surface area contributed by atoms with Crippen molar-refractivity contribution >= 4 is 33.1 Å². The molecule has 1 N–H and O–H groups in total. The number of rotatable bonds is 4. The fourth-order valence-corrected chi connectivity index (χ4v) is 3.68. The summed E-state index contributed by atoms with van der Waals surface area (Å²) in [6.07, 6.45) is 0. The van der Waals surface area contributed by atoms with Crippen LogP contribution in [0.2, 0.25) is 0 Å². The molecule has 1 amide bonds. The maximum atomic E-state index is 12.0. The smallest absolute Gasteiger partial charge is 0.264 e. The van der Waals surface area contributed by atoms with Gasteiger partial charge in [-0.1, -0.05) is 12.1 Å². The van der Waals surface area contributed by atoms with Crippen molar-refractivity contribution in [1.82, 2.24) is 4.72 Å². The Morgan fingerprint density at radius 1 is 1.10 bits per heavy atom. The van der Waals surface area contributed by atoms with E-state index in [1.165, 1.54) is 30.4 Å². The SMILES string of the molecule is CC(=O)NS(=O)(=O)c1cccc(-c2ccc(C(C)=O)s2)c1. The van der Waals surface area contributed by atoms with E-state index in [2.05, 4.69) is 0 Å². The number of ketones is 1. The molecule has 1 aromatic carbocycles. The maximum absolute atomic E-state index is 12.0. The number of sulfonamides is 1. The number of Topliss-reactive ketones (excluding diaryl/α,β-unsaturated/α-hetero) is 1. The van der Waals surface area contributed by atoms with Gasteiger partial charge >= 0.3 is 0 Å². The number of amides is 1. The van der Waals surface area contributed by atoms with Gasteiger partial charge in [-0.15, -0.1) is 11.3 Å². The highest BCUT2D eigenvalue weighted by atomic mass is 32.2. The third-order valence-electron chi connectivity index (χ3n) is 2.66. The highest BCUT2D eigenvalue weighted by Gasteiger charge is 2.16. The molecule has 5 nitrogen and oxygen atoms in total. The van der Waals surface area contributed by atoms with Crippen molar-refractivity contribution in [3.05, 3.63) is 41.3 Å². The van der Waals surface area contributed by atoms with Crippen molar-refractivity contribution < 1.29 is 18.0 Å². The van der Waals surface area contributed by atoms with Gasteiger partial charge in [0.2, 0.25) is 5.91 Å². The van der Waals surface area contributed by atoms with E-state index in [4.69, 9.17) is 0 Å². The molecule has 0 radical (unpaired) electrons. The van der Waals surface area contributed by atoms with Crippen LogP contribution >= 0.6 is 11.3 Å². The van der Waals surface area contributed by atoms with E-state index in [0.29, 0.717) is 10.4 Å². The summed E-state index contributed by atoms with van der Waals surface area (Å²) in [5.41, 5.74) is 0.680. The van der Waals surface area contributed by atoms with Gasteiger partial charge in [0.25, 0.3) is 10.0 Å². The van der Waals surface area contributed by atoms with Gasteiger partial charge in [-0.2, -0.15) is 0 Å². The second-order valence-electron chi connectivity index (χ2n) is 4.41. The van der Waals surface area contributed by atoms with Crippen molar-refractivity contribution in [3.63, 3.8) is 0 Å². The van der Waals surface area contributed by atoms with Crippen molar-refractivity contribution in [1.29, 1.82) is 0 Å². The molecule has 0 aliphatic rings. The standard InChI is InChI=1S/C14H13NO4S2/c1-9(16)13-6-7-14(20-13)11-4-3-5-12(8-11)21(18,19)15-10(2)17/h3-8H,1-2H3,(H,15,17). The molecule has 0 bridgehead atoms. The summed E-state index contributed by atoms with van der Waals surface area (Å²) in [6.45, 7) is 2.62. The molecule has 0 atom stereocenters. The van der Waals surface area contributed by atoms with Gasteiger partial charge in [0.15, 0.2) is 5.78 Å². The quantitative estimate of drug-likeness (QED) is 0.876. The first-order valence-electron chi connectivity index (χ1n) is 6.04. The average Bonchev–Trinajstić information content (AvgIpc) is 2.87. The summed E-state index contributed by atoms with van der Waals surface area (Å²) in [6, 6.07) is 9.71. The zero-order valence-corrected chi connectivity index (χ0v) is 13.0. The molecule has 2 rings (SSSR count). The predicted octanol–water partition coefficient (Wildman–Crippen LogP) is 2.44. The molecule has 2 aromatic rings. The first kappa shape index (κ1) is 15.4. The molecule has 1 heterocycles. The lowest BCUT2D eigenvalue weighted by atomic mass is 10.2. The summed E-state index contributed by atoms with van der Waals surface area (Å²) in [5, 5.41) is 0. The monoisotopic (exact) mass is 323 g/mol. The molecule has 1 aromatic heterocycles. The van der Waals surface area contributed by atoms with Gasteiger partial charge in [-0.3, -0.25) is 9.59 Å². The number of nitrogens with one attached hydrogen (secondary N) is 1. The second kappa shape index (κ2) is 5.79. The Bertz CT molecular complexity index is 806. The van der Waals surface area contributed by atoms with Gasteiger partial charge < -0.3 is 0 Å². The van der Waals surface area contributed by atoms with Crippen LogP contribution in [0.15, 0.2) is 41.3 Å². The topological polar surface area (TPSA) is 80.3 Å². The fraction of sp³-hybridized carbons (Fsp3) is 0.143. The molecule has 0 unspecified atom stereocenters. The number of benzene rings is 1. The molecule has 21 heavy (non-hydrogen) atoms. The first-order valence-corrected chi connectivity index (χ1v) is 8.34. The van der Waals surface area contributed by atoms with Gasteiger partial charge in [-0.05, 0) is 36.8 Å². The number of hydrogen-bond donors (Lipinski definition) is 1. The van der Waals surface area contributed by atoms with E-state index in [0.717, 1.165) is 11.8 Å². The molecule has 0 saturated carbocycles. The predicted molar refractivity (Wildman–Crippen MR) is 80.8 cm³/mol. The van der Waals surface area contributed by atoms with Crippen LogP contribution in [-0.2, 0) is 14.8 Å². The lowest BCUT2D eigenvalue weighted by Gasteiger charge is -2.06. The molecular weight excluding hydrogens is 310 g/mol. The van der Waals surface area contributed by atoms with E-state index >= 15 is 0 Å². The minimum Gasteiger partial charge on any atom is -0.294 e. The summed E-state index contributed by atoms with van der Waals surface area (Å²) in [4.78, 5) is 23.7. The van der Waals surface area contributed by atoms with Crippen molar-refractivity contribution in [2.75, 3.05) is 0 Å². The lowest BCUT2D eigenvalue weighted by molar-refractivity contribution is -0.117. The molecule has 7 heteroatoms. The van der Waals surface area contributed by atoms with E-state index in [1.807, 2.05) is 4.72 Å². The van der Waals surface area contributed by atoms with Gasteiger partial charge in [0, 0.05) is 11.8 Å². The highest BCUT2D eigenvalue weighted by Crippen LogP contribution is 2.29. The molecule has 0 aliphatic heterocycles. The third-order valence-corrected chi connectivity index (χ3v) is 5.33. The third kappa shape index (κ3) is 3.56. The number of hydrogen-bond acceptors (Lipinski definition) is 5. The number of carbonyl (C=O) groups excluding carboxylic acids is 2. The molecule has 110 valence electrons. The first-order chi connectivity index (χ1) is 9.79. The average molecular weight is 323 g/mol. The van der Waals surface area contributed by atoms with Gasteiger partial charge in [0.05, 0.1) is 9.77 Å². The molecule has 0 spiro atoms. The zero-order chi connectivity index (χ0) is 15.6. The van der Waals surface area contributed by atoms with Gasteiger partial charge in [0.1, 0.15) is 0 Å². The molecular formula is C14H13NO4S2. The van der Waals surface area contributed by atoms with Crippen molar-refractivity contribution in [3.8, 4) is 10.4 Å². The van der Waals surface area contributed by atoms with Crippen LogP contribution in [0, 0.1) is 0 Å². The lowest BCUT2D eigenvalue weighted by Crippen LogP contribution is -2.28. The normalized spacial score (nSPS) is 11.1. The molecule has 0 aliphatic carbocycles. The Morgan fingerprint density at radius 2 is 1.81 bits per heavy atom. The van der Waals surface area contributed by atoms with E-state index in [1.54, 1.807) is 24.3 Å². The second-order valence-corrected chi connectivity index (χ2v) is 7.18. The van der Waals surface area contributed by atoms with E-state index in [-0.39, 0.29) is 10.7 Å². The van der Waals surface area contributed by atoms with Crippen LogP contribution in [0.5, 0.6) is 0 Å². The van der Waals surface area contributed by atoms with Crippen LogP contribution in [0.3, 0.4) is 0 Å². The van der Waals surface area contributed by atoms with Crippen LogP contribution < -0.4 is 4.72 Å². The summed E-state index contributed by atoms with van der Waals surface area (Å²) in [5.74, 6) is -0.677. The van der Waals surface area contributed by atoms with Crippen LogP contribution in [0.1, 0.15) is 23.5 Å². The Balaban J connectivity index is 2.42. The summed E-state index contributed by atoms with van der Waals surface area (Å²) in [7, 11) is -3.86. The van der Waals surface area contributed by atoms with E-state index < -0.39 is 15.9 Å². The minimum atomic E-state index is -3.86. The maximum Gasteiger partial charge on any atom is 0.264 e. The Morgan fingerprint density at radius 3 is 2.38 bits per heavy atom. The van der Waals surface area contributed by atoms with Crippen LogP contribution in [0.4, 0.5) is 0 Å². The molecule has 0 saturated heterocycles. The highest BCUT2D eigenvalue weighted by molar-refractivity contribution is 7.90. The number of carbonyl (C=O) groups is 2. The Hall–Kier alpha value is -1.99. The largest absolute Gasteiger partial charge is 0.294 e. The Labute approximate surface area is 126 Å². The Kier molecular flexibility index (Phi) is 4.24. The molecule has 0 fully saturated rings. The summed E-state index contributed by atoms with van der Waals surface area (Å²) < 4.78 is 25.8. The fourth-order valence-electron chi connectivity index (χ4n) is 1.75. The number of thiophene rings is 1. The van der Waals surface area contributed by atoms with Crippen molar-refractivity contribution in [2.24, 2.45) is 0 Å². The van der Waals surface area contributed by atoms with Gasteiger partial charge in [-0.25, -0.2) is 13.1 Å². The zero-order valence-electron chi connectivity index (χ0n) is 11.4. The van der Waals surface area contributed by atoms with Crippen molar-refractivity contribution in [2.45, 2.75) is 18.7 Å². The van der Waals surface area contributed by atoms with Crippen LogP contribution in [0.25, 0.3) is 10.4 Å². The summed E-state index contributed by atoms with van der Waals surface area (Å²) >= 11 is 1.30.